The van der Waals surface area contributed by atoms with Gasteiger partial charge in [-0.05, 0) is 42.3 Å². The molecule has 170 valence electrons. The summed E-state index contributed by atoms with van der Waals surface area (Å²) in [6, 6.07) is 7.70. The van der Waals surface area contributed by atoms with E-state index < -0.39 is 33.7 Å². The normalized spacial score (nSPS) is 12.9. The molecule has 2 rings (SSSR count). The van der Waals surface area contributed by atoms with E-state index >= 15 is 0 Å². The summed E-state index contributed by atoms with van der Waals surface area (Å²) in [6.07, 6.45) is -3.44. The van der Waals surface area contributed by atoms with Crippen molar-refractivity contribution in [1.29, 1.82) is 0 Å². The van der Waals surface area contributed by atoms with E-state index in [0.717, 1.165) is 22.7 Å². The lowest BCUT2D eigenvalue weighted by Crippen LogP contribution is -2.49. The number of ether oxygens (including phenoxy) is 1. The van der Waals surface area contributed by atoms with E-state index in [9.17, 15) is 26.4 Å². The zero-order chi connectivity index (χ0) is 23.4. The molecule has 2 aromatic rings. The van der Waals surface area contributed by atoms with Crippen LogP contribution in [0.25, 0.3) is 0 Å². The second-order valence-electron chi connectivity index (χ2n) is 6.72. The van der Waals surface area contributed by atoms with Gasteiger partial charge in [0.2, 0.25) is 15.9 Å². The van der Waals surface area contributed by atoms with Gasteiger partial charge in [0.05, 0.1) is 29.6 Å². The summed E-state index contributed by atoms with van der Waals surface area (Å²) in [7, 11) is -2.49. The van der Waals surface area contributed by atoms with Crippen LogP contribution in [0.4, 0.5) is 18.9 Å². The van der Waals surface area contributed by atoms with Crippen LogP contribution < -0.4 is 14.4 Å². The molecule has 1 amide bonds. The third-order valence-corrected chi connectivity index (χ3v) is 5.92. The summed E-state index contributed by atoms with van der Waals surface area (Å²) in [4.78, 5) is 12.8. The second-order valence-corrected chi connectivity index (χ2v) is 8.98. The van der Waals surface area contributed by atoms with Crippen molar-refractivity contribution >= 4 is 33.2 Å². The van der Waals surface area contributed by atoms with Crippen LogP contribution in [0.1, 0.15) is 24.5 Å². The Balaban J connectivity index is 2.28. The van der Waals surface area contributed by atoms with Gasteiger partial charge in [-0.2, -0.15) is 13.2 Å². The third kappa shape index (κ3) is 6.27. The summed E-state index contributed by atoms with van der Waals surface area (Å²) in [5.41, 5.74) is -0.442. The number of carbonyl (C=O) groups excluding carboxylic acids is 1. The molecule has 2 aromatic carbocycles. The maximum atomic E-state index is 12.9. The molecule has 6 nitrogen and oxygen atoms in total. The smallest absolute Gasteiger partial charge is 0.416 e. The average Bonchev–Trinajstić information content (AvgIpc) is 2.68. The van der Waals surface area contributed by atoms with Gasteiger partial charge in [-0.3, -0.25) is 9.10 Å². The number of amides is 1. The molecule has 0 aliphatic carbocycles. The molecule has 1 N–H and O–H groups in total. The van der Waals surface area contributed by atoms with Crippen molar-refractivity contribution in [1.82, 2.24) is 5.32 Å². The summed E-state index contributed by atoms with van der Waals surface area (Å²) in [5, 5.41) is 2.68. The first-order valence-electron chi connectivity index (χ1n) is 9.15. The number of nitrogens with zero attached hydrogens (tertiary/aromatic N) is 1. The Morgan fingerprint density at radius 1 is 1.23 bits per heavy atom. The van der Waals surface area contributed by atoms with Crippen molar-refractivity contribution in [3.05, 3.63) is 58.6 Å². The van der Waals surface area contributed by atoms with Crippen LogP contribution in [0.5, 0.6) is 5.75 Å². The number of benzene rings is 2. The molecule has 0 aromatic heterocycles. The van der Waals surface area contributed by atoms with Crippen LogP contribution in [0, 0.1) is 0 Å². The number of carbonyl (C=O) groups is 1. The lowest BCUT2D eigenvalue weighted by atomic mass is 10.1. The minimum absolute atomic E-state index is 0.116. The van der Waals surface area contributed by atoms with Crippen molar-refractivity contribution in [2.24, 2.45) is 0 Å². The van der Waals surface area contributed by atoms with Crippen LogP contribution in [0.2, 0.25) is 5.02 Å². The van der Waals surface area contributed by atoms with Gasteiger partial charge in [-0.15, -0.1) is 0 Å². The number of nitrogens with one attached hydrogen (secondary N) is 1. The maximum Gasteiger partial charge on any atom is 0.416 e. The van der Waals surface area contributed by atoms with E-state index in [1.54, 1.807) is 6.92 Å². The van der Waals surface area contributed by atoms with E-state index in [4.69, 9.17) is 16.3 Å². The number of hydrogen-bond donors (Lipinski definition) is 1. The average molecular weight is 479 g/mol. The molecule has 0 unspecified atom stereocenters. The molecular weight excluding hydrogens is 457 g/mol. The van der Waals surface area contributed by atoms with Crippen LogP contribution >= 0.6 is 11.6 Å². The topological polar surface area (TPSA) is 75.7 Å². The van der Waals surface area contributed by atoms with E-state index in [0.29, 0.717) is 5.75 Å². The molecule has 0 saturated heterocycles. The molecule has 11 heteroatoms. The fraction of sp³-hybridized carbons (Fsp3) is 0.350. The largest absolute Gasteiger partial charge is 0.495 e. The van der Waals surface area contributed by atoms with Gasteiger partial charge in [0.1, 0.15) is 11.8 Å². The number of halogens is 4. The molecular formula is C20H22ClF3N2O4S. The van der Waals surface area contributed by atoms with Gasteiger partial charge in [0, 0.05) is 6.54 Å². The Kier molecular flexibility index (Phi) is 7.82. The Morgan fingerprint density at radius 2 is 1.90 bits per heavy atom. The molecule has 0 heterocycles. The number of rotatable bonds is 8. The zero-order valence-corrected chi connectivity index (χ0v) is 18.6. The molecule has 0 radical (unpaired) electrons. The van der Waals surface area contributed by atoms with E-state index in [1.165, 1.54) is 37.4 Å². The van der Waals surface area contributed by atoms with Crippen molar-refractivity contribution < 1.29 is 31.1 Å². The summed E-state index contributed by atoms with van der Waals surface area (Å²) < 4.78 is 69.6. The zero-order valence-electron chi connectivity index (χ0n) is 17.0. The van der Waals surface area contributed by atoms with Crippen LogP contribution in [-0.4, -0.2) is 33.7 Å². The predicted octanol–water partition coefficient (Wildman–Crippen LogP) is 4.23. The number of hydrogen-bond acceptors (Lipinski definition) is 4. The SMILES string of the molecule is CC[C@@H](C(=O)NCc1cccc(C(F)(F)F)c1)N(c1ccc(OC)c(Cl)c1)S(C)(=O)=O. The lowest BCUT2D eigenvalue weighted by Gasteiger charge is -2.30. The highest BCUT2D eigenvalue weighted by molar-refractivity contribution is 7.92. The lowest BCUT2D eigenvalue weighted by molar-refractivity contribution is -0.137. The molecule has 0 aliphatic rings. The van der Waals surface area contributed by atoms with Gasteiger partial charge >= 0.3 is 6.18 Å². The van der Waals surface area contributed by atoms with Crippen molar-refractivity contribution in [2.75, 3.05) is 17.7 Å². The van der Waals surface area contributed by atoms with Crippen molar-refractivity contribution in [2.45, 2.75) is 32.1 Å². The first-order valence-corrected chi connectivity index (χ1v) is 11.4. The maximum absolute atomic E-state index is 12.9. The third-order valence-electron chi connectivity index (χ3n) is 4.44. The molecule has 0 aliphatic heterocycles. The minimum atomic E-state index is -4.51. The fourth-order valence-corrected chi connectivity index (χ4v) is 4.47. The Labute approximate surface area is 184 Å². The molecule has 0 saturated carbocycles. The van der Waals surface area contributed by atoms with E-state index in [1.807, 2.05) is 0 Å². The molecule has 0 bridgehead atoms. The monoisotopic (exact) mass is 478 g/mol. The fourth-order valence-electron chi connectivity index (χ4n) is 3.02. The predicted molar refractivity (Wildman–Crippen MR) is 113 cm³/mol. The molecule has 31 heavy (non-hydrogen) atoms. The van der Waals surface area contributed by atoms with Gasteiger partial charge in [-0.25, -0.2) is 8.42 Å². The van der Waals surface area contributed by atoms with Gasteiger partial charge < -0.3 is 10.1 Å². The van der Waals surface area contributed by atoms with Crippen LogP contribution in [0.15, 0.2) is 42.5 Å². The van der Waals surface area contributed by atoms with Crippen LogP contribution in [0.3, 0.4) is 0 Å². The number of sulfonamides is 1. The Morgan fingerprint density at radius 3 is 2.42 bits per heavy atom. The molecule has 0 spiro atoms. The number of anilines is 1. The molecule has 1 atom stereocenters. The highest BCUT2D eigenvalue weighted by Gasteiger charge is 2.32. The van der Waals surface area contributed by atoms with Crippen molar-refractivity contribution in [3.63, 3.8) is 0 Å². The summed E-state index contributed by atoms with van der Waals surface area (Å²) in [5.74, 6) is -0.321. The Hall–Kier alpha value is -2.46. The minimum Gasteiger partial charge on any atom is -0.495 e. The molecule has 0 fully saturated rings. The second kappa shape index (κ2) is 9.78. The van der Waals surface area contributed by atoms with E-state index in [-0.39, 0.29) is 29.2 Å². The standard InChI is InChI=1S/C20H22ClF3N2O4S/c1-4-17(19(27)25-12-13-6-5-7-14(10-13)20(22,23)24)26(31(3,28)29)15-8-9-18(30-2)16(21)11-15/h5-11,17H,4,12H2,1-3H3,(H,25,27)/t17-/m0/s1. The van der Waals surface area contributed by atoms with Crippen LogP contribution in [-0.2, 0) is 27.5 Å². The van der Waals surface area contributed by atoms with Gasteiger partial charge in [-0.1, -0.05) is 30.7 Å². The Bertz CT molecular complexity index is 1040. The summed E-state index contributed by atoms with van der Waals surface area (Å²) >= 11 is 6.11. The van der Waals surface area contributed by atoms with E-state index in [2.05, 4.69) is 5.32 Å². The quantitative estimate of drug-likeness (QED) is 0.616. The first kappa shape index (κ1) is 24.8. The van der Waals surface area contributed by atoms with Gasteiger partial charge in [0.15, 0.2) is 0 Å². The number of alkyl halides is 3. The summed E-state index contributed by atoms with van der Waals surface area (Å²) in [6.45, 7) is 1.43. The van der Waals surface area contributed by atoms with Crippen molar-refractivity contribution in [3.8, 4) is 5.75 Å². The highest BCUT2D eigenvalue weighted by Crippen LogP contribution is 2.32. The number of methoxy groups -OCH3 is 1. The highest BCUT2D eigenvalue weighted by atomic mass is 35.5. The first-order chi connectivity index (χ1) is 14.4. The van der Waals surface area contributed by atoms with Gasteiger partial charge in [0.25, 0.3) is 0 Å².